The highest BCUT2D eigenvalue weighted by molar-refractivity contribution is 9.10. The number of halogens is 1. The first kappa shape index (κ1) is 12.4. The van der Waals surface area contributed by atoms with Crippen LogP contribution in [0.1, 0.15) is 28.6 Å². The van der Waals surface area contributed by atoms with Gasteiger partial charge in [-0.25, -0.2) is 0 Å². The number of rotatable bonds is 3. The SMILES string of the molecule is Cc1cccc(C)c1CC(O)c1occc1Br. The predicted molar refractivity (Wildman–Crippen MR) is 71.0 cm³/mol. The molecule has 0 aliphatic carbocycles. The van der Waals surface area contributed by atoms with Crippen LogP contribution in [-0.4, -0.2) is 5.11 Å². The minimum absolute atomic E-state index is 0.574. The maximum Gasteiger partial charge on any atom is 0.146 e. The summed E-state index contributed by atoms with van der Waals surface area (Å²) in [6.45, 7) is 4.12. The van der Waals surface area contributed by atoms with E-state index in [1.807, 2.05) is 6.07 Å². The van der Waals surface area contributed by atoms with E-state index in [0.717, 1.165) is 4.47 Å². The first-order valence-corrected chi connectivity index (χ1v) is 6.35. The Balaban J connectivity index is 2.25. The minimum atomic E-state index is -0.612. The molecule has 2 nitrogen and oxygen atoms in total. The van der Waals surface area contributed by atoms with E-state index in [1.54, 1.807) is 12.3 Å². The normalized spacial score (nSPS) is 12.7. The van der Waals surface area contributed by atoms with Crippen LogP contribution in [0.5, 0.6) is 0 Å². The predicted octanol–water partition coefficient (Wildman–Crippen LogP) is 3.94. The van der Waals surface area contributed by atoms with E-state index in [0.29, 0.717) is 12.2 Å². The Morgan fingerprint density at radius 3 is 2.41 bits per heavy atom. The molecule has 1 aromatic heterocycles. The summed E-state index contributed by atoms with van der Waals surface area (Å²) in [5.41, 5.74) is 3.58. The first-order valence-electron chi connectivity index (χ1n) is 5.55. The third-order valence-electron chi connectivity index (χ3n) is 2.99. The molecular weight excluding hydrogens is 280 g/mol. The van der Waals surface area contributed by atoms with Gasteiger partial charge in [0, 0.05) is 6.42 Å². The molecular formula is C14H15BrO2. The summed E-state index contributed by atoms with van der Waals surface area (Å²) in [7, 11) is 0. The lowest BCUT2D eigenvalue weighted by atomic mass is 9.97. The molecule has 0 spiro atoms. The molecule has 17 heavy (non-hydrogen) atoms. The van der Waals surface area contributed by atoms with Crippen LogP contribution in [0.2, 0.25) is 0 Å². The summed E-state index contributed by atoms with van der Waals surface area (Å²) in [4.78, 5) is 0. The molecule has 1 atom stereocenters. The second-order valence-corrected chi connectivity index (χ2v) is 5.08. The summed E-state index contributed by atoms with van der Waals surface area (Å²) < 4.78 is 6.10. The number of furan rings is 1. The van der Waals surface area contributed by atoms with Crippen molar-refractivity contribution in [2.75, 3.05) is 0 Å². The van der Waals surface area contributed by atoms with E-state index in [9.17, 15) is 5.11 Å². The van der Waals surface area contributed by atoms with E-state index in [-0.39, 0.29) is 0 Å². The average Bonchev–Trinajstić information content (AvgIpc) is 2.70. The zero-order valence-corrected chi connectivity index (χ0v) is 11.5. The van der Waals surface area contributed by atoms with Gasteiger partial charge < -0.3 is 9.52 Å². The van der Waals surface area contributed by atoms with E-state index in [1.165, 1.54) is 16.7 Å². The van der Waals surface area contributed by atoms with Crippen LogP contribution in [0.25, 0.3) is 0 Å². The largest absolute Gasteiger partial charge is 0.465 e. The fourth-order valence-electron chi connectivity index (χ4n) is 2.00. The molecule has 0 saturated heterocycles. The molecule has 0 radical (unpaired) electrons. The third-order valence-corrected chi connectivity index (χ3v) is 3.64. The van der Waals surface area contributed by atoms with Crippen LogP contribution in [0.3, 0.4) is 0 Å². The second-order valence-electron chi connectivity index (χ2n) is 4.22. The standard InChI is InChI=1S/C14H15BrO2/c1-9-4-3-5-10(2)11(9)8-13(16)14-12(15)6-7-17-14/h3-7,13,16H,8H2,1-2H3. The lowest BCUT2D eigenvalue weighted by molar-refractivity contribution is 0.149. The molecule has 1 N–H and O–H groups in total. The second kappa shape index (κ2) is 5.07. The quantitative estimate of drug-likeness (QED) is 0.930. The Morgan fingerprint density at radius 1 is 1.24 bits per heavy atom. The first-order chi connectivity index (χ1) is 8.09. The van der Waals surface area contributed by atoms with E-state index < -0.39 is 6.10 Å². The molecule has 2 rings (SSSR count). The summed E-state index contributed by atoms with van der Waals surface area (Å²) in [5, 5.41) is 10.2. The lowest BCUT2D eigenvalue weighted by Crippen LogP contribution is -2.04. The van der Waals surface area contributed by atoms with Crippen molar-refractivity contribution in [2.24, 2.45) is 0 Å². The van der Waals surface area contributed by atoms with Crippen molar-refractivity contribution < 1.29 is 9.52 Å². The zero-order valence-electron chi connectivity index (χ0n) is 9.90. The van der Waals surface area contributed by atoms with Crippen molar-refractivity contribution >= 4 is 15.9 Å². The van der Waals surface area contributed by atoms with Crippen molar-refractivity contribution in [1.29, 1.82) is 0 Å². The number of aliphatic hydroxyl groups excluding tert-OH is 1. The summed E-state index contributed by atoms with van der Waals surface area (Å²) in [6, 6.07) is 7.95. The van der Waals surface area contributed by atoms with Gasteiger partial charge in [-0.2, -0.15) is 0 Å². The van der Waals surface area contributed by atoms with E-state index in [2.05, 4.69) is 41.9 Å². The highest BCUT2D eigenvalue weighted by Crippen LogP contribution is 2.28. The van der Waals surface area contributed by atoms with Gasteiger partial charge in [-0.3, -0.25) is 0 Å². The zero-order chi connectivity index (χ0) is 12.4. The summed E-state index contributed by atoms with van der Waals surface area (Å²) in [6.07, 6.45) is 1.54. The summed E-state index contributed by atoms with van der Waals surface area (Å²) in [5.74, 6) is 0.590. The number of benzene rings is 1. The number of hydrogen-bond donors (Lipinski definition) is 1. The molecule has 1 unspecified atom stereocenters. The van der Waals surface area contributed by atoms with Crippen LogP contribution >= 0.6 is 15.9 Å². The molecule has 2 aromatic rings. The van der Waals surface area contributed by atoms with Crippen molar-refractivity contribution in [1.82, 2.24) is 0 Å². The van der Waals surface area contributed by atoms with Gasteiger partial charge in [-0.05, 0) is 52.5 Å². The van der Waals surface area contributed by atoms with Gasteiger partial charge in [0.05, 0.1) is 10.7 Å². The molecule has 3 heteroatoms. The highest BCUT2D eigenvalue weighted by atomic mass is 79.9. The van der Waals surface area contributed by atoms with E-state index in [4.69, 9.17) is 4.42 Å². The van der Waals surface area contributed by atoms with Gasteiger partial charge in [0.2, 0.25) is 0 Å². The number of hydrogen-bond acceptors (Lipinski definition) is 2. The fraction of sp³-hybridized carbons (Fsp3) is 0.286. The van der Waals surface area contributed by atoms with Gasteiger partial charge >= 0.3 is 0 Å². The molecule has 1 aromatic carbocycles. The monoisotopic (exact) mass is 294 g/mol. The van der Waals surface area contributed by atoms with Gasteiger partial charge in [0.25, 0.3) is 0 Å². The number of aliphatic hydroxyl groups is 1. The van der Waals surface area contributed by atoms with Crippen molar-refractivity contribution in [3.8, 4) is 0 Å². The summed E-state index contributed by atoms with van der Waals surface area (Å²) >= 11 is 3.36. The third kappa shape index (κ3) is 2.61. The minimum Gasteiger partial charge on any atom is -0.465 e. The van der Waals surface area contributed by atoms with Crippen LogP contribution in [-0.2, 0) is 6.42 Å². The van der Waals surface area contributed by atoms with E-state index >= 15 is 0 Å². The van der Waals surface area contributed by atoms with Crippen molar-refractivity contribution in [3.05, 3.63) is 57.5 Å². The molecule has 0 fully saturated rings. The maximum atomic E-state index is 10.2. The Hall–Kier alpha value is -1.06. The molecule has 0 aliphatic heterocycles. The highest BCUT2D eigenvalue weighted by Gasteiger charge is 2.17. The van der Waals surface area contributed by atoms with Gasteiger partial charge in [-0.1, -0.05) is 18.2 Å². The topological polar surface area (TPSA) is 33.4 Å². The fourth-order valence-corrected chi connectivity index (χ4v) is 2.47. The van der Waals surface area contributed by atoms with Crippen LogP contribution in [0, 0.1) is 13.8 Å². The average molecular weight is 295 g/mol. The Bertz CT molecular complexity index is 496. The lowest BCUT2D eigenvalue weighted by Gasteiger charge is -2.13. The van der Waals surface area contributed by atoms with Crippen molar-refractivity contribution in [3.63, 3.8) is 0 Å². The van der Waals surface area contributed by atoms with Gasteiger partial charge in [0.15, 0.2) is 0 Å². The molecule has 0 bridgehead atoms. The molecule has 0 amide bonds. The van der Waals surface area contributed by atoms with Gasteiger partial charge in [0.1, 0.15) is 11.9 Å². The molecule has 90 valence electrons. The maximum absolute atomic E-state index is 10.2. The van der Waals surface area contributed by atoms with Crippen molar-refractivity contribution in [2.45, 2.75) is 26.4 Å². The molecule has 0 saturated carbocycles. The van der Waals surface area contributed by atoms with Gasteiger partial charge in [-0.15, -0.1) is 0 Å². The Labute approximate surface area is 109 Å². The Kier molecular flexibility index (Phi) is 3.69. The molecule has 0 aliphatic rings. The van der Waals surface area contributed by atoms with Crippen LogP contribution in [0.4, 0.5) is 0 Å². The van der Waals surface area contributed by atoms with Crippen LogP contribution < -0.4 is 0 Å². The smallest absolute Gasteiger partial charge is 0.146 e. The Morgan fingerprint density at radius 2 is 1.88 bits per heavy atom. The van der Waals surface area contributed by atoms with Crippen LogP contribution in [0.15, 0.2) is 39.4 Å². The number of aryl methyl sites for hydroxylation is 2. The molecule has 1 heterocycles.